The summed E-state index contributed by atoms with van der Waals surface area (Å²) in [6.45, 7) is 2.05. The van der Waals surface area contributed by atoms with Gasteiger partial charge >= 0.3 is 0 Å². The van der Waals surface area contributed by atoms with Crippen LogP contribution in [0.2, 0.25) is 0 Å². The monoisotopic (exact) mass is 379 g/mol. The predicted octanol–water partition coefficient (Wildman–Crippen LogP) is 5.50. The molecule has 0 aliphatic rings. The molecule has 1 N–H and O–H groups in total. The van der Waals surface area contributed by atoms with Crippen LogP contribution in [-0.2, 0) is 4.79 Å². The van der Waals surface area contributed by atoms with Crippen molar-refractivity contribution in [3.63, 3.8) is 0 Å². The molecule has 0 spiro atoms. The number of carbonyl (C=O) groups is 1. The van der Waals surface area contributed by atoms with E-state index in [1.54, 1.807) is 10.8 Å². The number of benzene rings is 3. The van der Waals surface area contributed by atoms with Gasteiger partial charge in [0.25, 0.3) is 0 Å². The van der Waals surface area contributed by atoms with Gasteiger partial charge in [0.15, 0.2) is 0 Å². The van der Waals surface area contributed by atoms with Gasteiger partial charge in [0.05, 0.1) is 11.4 Å². The number of nitrogens with zero attached hydrogens (tertiary/aromatic N) is 2. The fourth-order valence-electron chi connectivity index (χ4n) is 3.01. The average molecular weight is 379 g/mol. The molecule has 0 atom stereocenters. The molecule has 1 heterocycles. The van der Waals surface area contributed by atoms with Crippen LogP contribution in [-0.4, -0.2) is 15.7 Å². The van der Waals surface area contributed by atoms with Gasteiger partial charge in [-0.1, -0.05) is 78.4 Å². The van der Waals surface area contributed by atoms with Crippen molar-refractivity contribution in [2.24, 2.45) is 0 Å². The molecule has 0 fully saturated rings. The highest BCUT2D eigenvalue weighted by atomic mass is 16.1. The largest absolute Gasteiger partial charge is 0.307 e. The quantitative estimate of drug-likeness (QED) is 0.466. The van der Waals surface area contributed by atoms with Crippen molar-refractivity contribution in [3.05, 3.63) is 108 Å². The summed E-state index contributed by atoms with van der Waals surface area (Å²) >= 11 is 0. The molecule has 0 saturated heterocycles. The summed E-state index contributed by atoms with van der Waals surface area (Å²) in [5, 5.41) is 7.69. The molecular formula is C25H21N3O. The van der Waals surface area contributed by atoms with E-state index in [4.69, 9.17) is 5.10 Å². The standard InChI is InChI=1S/C25H21N3O/c1-19-12-15-21(16-13-19)23-18-24(28(27-23)22-10-6-3-7-11-22)26-25(29)17-14-20-8-4-2-5-9-20/h2-18H,1H3,(H,26,29)/b17-14+. The summed E-state index contributed by atoms with van der Waals surface area (Å²) in [4.78, 5) is 12.5. The van der Waals surface area contributed by atoms with E-state index in [1.165, 1.54) is 11.6 Å². The first-order valence-corrected chi connectivity index (χ1v) is 9.46. The molecule has 0 radical (unpaired) electrons. The third-order valence-electron chi connectivity index (χ3n) is 4.54. The van der Waals surface area contributed by atoms with E-state index in [0.717, 1.165) is 22.5 Å². The van der Waals surface area contributed by atoms with Crippen molar-refractivity contribution in [3.8, 4) is 16.9 Å². The number of amides is 1. The first-order valence-electron chi connectivity index (χ1n) is 9.46. The molecule has 4 heteroatoms. The zero-order valence-corrected chi connectivity index (χ0v) is 16.1. The normalized spacial score (nSPS) is 10.9. The Hall–Kier alpha value is -3.92. The zero-order chi connectivity index (χ0) is 20.1. The minimum atomic E-state index is -0.207. The Bertz CT molecular complexity index is 1130. The lowest BCUT2D eigenvalue weighted by molar-refractivity contribution is -0.111. The molecule has 4 rings (SSSR count). The maximum atomic E-state index is 12.5. The van der Waals surface area contributed by atoms with Crippen LogP contribution in [0.3, 0.4) is 0 Å². The van der Waals surface area contributed by atoms with E-state index in [9.17, 15) is 4.79 Å². The second-order valence-corrected chi connectivity index (χ2v) is 6.76. The number of anilines is 1. The maximum Gasteiger partial charge on any atom is 0.249 e. The fraction of sp³-hybridized carbons (Fsp3) is 0.0400. The van der Waals surface area contributed by atoms with Gasteiger partial charge in [0, 0.05) is 17.7 Å². The zero-order valence-electron chi connectivity index (χ0n) is 16.1. The highest BCUT2D eigenvalue weighted by molar-refractivity contribution is 6.01. The van der Waals surface area contributed by atoms with E-state index < -0.39 is 0 Å². The van der Waals surface area contributed by atoms with Gasteiger partial charge in [-0.05, 0) is 30.7 Å². The third-order valence-corrected chi connectivity index (χ3v) is 4.54. The number of aromatic nitrogens is 2. The van der Waals surface area contributed by atoms with E-state index in [2.05, 4.69) is 24.4 Å². The van der Waals surface area contributed by atoms with Crippen molar-refractivity contribution < 1.29 is 4.79 Å². The van der Waals surface area contributed by atoms with Gasteiger partial charge < -0.3 is 5.32 Å². The molecule has 0 bridgehead atoms. The molecule has 0 aliphatic carbocycles. The lowest BCUT2D eigenvalue weighted by atomic mass is 10.1. The molecular weight excluding hydrogens is 358 g/mol. The number of hydrogen-bond acceptors (Lipinski definition) is 2. The summed E-state index contributed by atoms with van der Waals surface area (Å²) in [5.41, 5.74) is 4.85. The Labute approximate surface area is 170 Å². The molecule has 29 heavy (non-hydrogen) atoms. The van der Waals surface area contributed by atoms with E-state index in [-0.39, 0.29) is 5.91 Å². The van der Waals surface area contributed by atoms with Gasteiger partial charge in [-0.25, -0.2) is 4.68 Å². The maximum absolute atomic E-state index is 12.5. The molecule has 4 aromatic rings. The lowest BCUT2D eigenvalue weighted by Crippen LogP contribution is -2.12. The van der Waals surface area contributed by atoms with Gasteiger partial charge in [-0.2, -0.15) is 5.10 Å². The number of hydrogen-bond donors (Lipinski definition) is 1. The molecule has 4 nitrogen and oxygen atoms in total. The van der Waals surface area contributed by atoms with Gasteiger partial charge in [0.2, 0.25) is 5.91 Å². The van der Waals surface area contributed by atoms with Crippen molar-refractivity contribution >= 4 is 17.8 Å². The van der Waals surface area contributed by atoms with Crippen LogP contribution >= 0.6 is 0 Å². The van der Waals surface area contributed by atoms with Gasteiger partial charge in [-0.3, -0.25) is 4.79 Å². The first-order chi connectivity index (χ1) is 14.2. The number of para-hydroxylation sites is 1. The van der Waals surface area contributed by atoms with Crippen molar-refractivity contribution in [1.29, 1.82) is 0 Å². The van der Waals surface area contributed by atoms with Gasteiger partial charge in [0.1, 0.15) is 5.82 Å². The van der Waals surface area contributed by atoms with Gasteiger partial charge in [-0.15, -0.1) is 0 Å². The molecule has 0 saturated carbocycles. The Morgan fingerprint density at radius 2 is 1.55 bits per heavy atom. The van der Waals surface area contributed by atoms with Crippen LogP contribution in [0.4, 0.5) is 5.82 Å². The van der Waals surface area contributed by atoms with Crippen LogP contribution in [0, 0.1) is 6.92 Å². The van der Waals surface area contributed by atoms with Crippen molar-refractivity contribution in [2.45, 2.75) is 6.92 Å². The molecule has 0 unspecified atom stereocenters. The minimum Gasteiger partial charge on any atom is -0.307 e. The van der Waals surface area contributed by atoms with Crippen molar-refractivity contribution in [2.75, 3.05) is 5.32 Å². The summed E-state index contributed by atoms with van der Waals surface area (Å²) < 4.78 is 1.75. The van der Waals surface area contributed by atoms with E-state index in [0.29, 0.717) is 5.82 Å². The summed E-state index contributed by atoms with van der Waals surface area (Å²) in [7, 11) is 0. The Balaban J connectivity index is 1.65. The number of nitrogens with one attached hydrogen (secondary N) is 1. The Morgan fingerprint density at radius 3 is 2.24 bits per heavy atom. The minimum absolute atomic E-state index is 0.207. The lowest BCUT2D eigenvalue weighted by Gasteiger charge is -2.07. The molecule has 1 amide bonds. The topological polar surface area (TPSA) is 46.9 Å². The Kier molecular flexibility index (Phi) is 5.34. The SMILES string of the molecule is Cc1ccc(-c2cc(NC(=O)/C=C/c3ccccc3)n(-c3ccccc3)n2)cc1. The van der Waals surface area contributed by atoms with Crippen LogP contribution in [0.15, 0.2) is 97.1 Å². The van der Waals surface area contributed by atoms with Crippen LogP contribution in [0.25, 0.3) is 23.0 Å². The van der Waals surface area contributed by atoms with Crippen LogP contribution < -0.4 is 5.32 Å². The molecule has 1 aromatic heterocycles. The smallest absolute Gasteiger partial charge is 0.249 e. The first kappa shape index (κ1) is 18.4. The average Bonchev–Trinajstić information content (AvgIpc) is 3.18. The van der Waals surface area contributed by atoms with Crippen LogP contribution in [0.5, 0.6) is 0 Å². The number of rotatable bonds is 5. The number of aryl methyl sites for hydroxylation is 1. The molecule has 142 valence electrons. The molecule has 3 aromatic carbocycles. The predicted molar refractivity (Wildman–Crippen MR) is 118 cm³/mol. The second kappa shape index (κ2) is 8.40. The highest BCUT2D eigenvalue weighted by Crippen LogP contribution is 2.25. The summed E-state index contributed by atoms with van der Waals surface area (Å²) in [6, 6.07) is 29.6. The fourth-order valence-corrected chi connectivity index (χ4v) is 3.01. The Morgan fingerprint density at radius 1 is 0.897 bits per heavy atom. The van der Waals surface area contributed by atoms with E-state index >= 15 is 0 Å². The second-order valence-electron chi connectivity index (χ2n) is 6.76. The summed E-state index contributed by atoms with van der Waals surface area (Å²) in [6.07, 6.45) is 3.32. The molecule has 0 aliphatic heterocycles. The summed E-state index contributed by atoms with van der Waals surface area (Å²) in [5.74, 6) is 0.413. The van der Waals surface area contributed by atoms with E-state index in [1.807, 2.05) is 78.9 Å². The van der Waals surface area contributed by atoms with Crippen LogP contribution in [0.1, 0.15) is 11.1 Å². The highest BCUT2D eigenvalue weighted by Gasteiger charge is 2.12. The third kappa shape index (κ3) is 4.50. The number of carbonyl (C=O) groups excluding carboxylic acids is 1. The van der Waals surface area contributed by atoms with Crippen molar-refractivity contribution in [1.82, 2.24) is 9.78 Å².